The van der Waals surface area contributed by atoms with Gasteiger partial charge in [-0.25, -0.2) is 0 Å². The molecule has 0 bridgehead atoms. The molecule has 0 fully saturated rings. The monoisotopic (exact) mass is 501 g/mol. The molecule has 0 spiro atoms. The Balaban J connectivity index is 1.74. The Morgan fingerprint density at radius 2 is 1.65 bits per heavy atom. The number of hydrogen-bond donors (Lipinski definition) is 2. The Morgan fingerprint density at radius 1 is 0.919 bits per heavy atom. The lowest BCUT2D eigenvalue weighted by atomic mass is 9.98. The smallest absolute Gasteiger partial charge is 0.305 e. The maximum absolute atomic E-state index is 12.3. The summed E-state index contributed by atoms with van der Waals surface area (Å²) >= 11 is 0. The van der Waals surface area contributed by atoms with E-state index in [9.17, 15) is 9.59 Å². The molecule has 0 saturated carbocycles. The molecule has 0 aromatic heterocycles. The topological polar surface area (TPSA) is 75.6 Å². The number of carboxylic acids is 1. The number of hydrogen-bond acceptors (Lipinski definition) is 3. The van der Waals surface area contributed by atoms with Crippen LogP contribution >= 0.6 is 0 Å². The van der Waals surface area contributed by atoms with Gasteiger partial charge in [-0.2, -0.15) is 0 Å². The number of carbonyl (C=O) groups excluding carboxylic acids is 1. The second-order valence-electron chi connectivity index (χ2n) is 9.50. The van der Waals surface area contributed by atoms with Crippen LogP contribution in [0.15, 0.2) is 66.7 Å². The van der Waals surface area contributed by atoms with Gasteiger partial charge in [0.1, 0.15) is 11.9 Å². The minimum atomic E-state index is -0.934. The molecule has 2 N–H and O–H groups in total. The first-order valence-corrected chi connectivity index (χ1v) is 13.4. The van der Waals surface area contributed by atoms with Crippen molar-refractivity contribution in [3.8, 4) is 16.9 Å². The Morgan fingerprint density at radius 3 is 2.27 bits per heavy atom. The van der Waals surface area contributed by atoms with Crippen LogP contribution in [-0.4, -0.2) is 23.5 Å². The van der Waals surface area contributed by atoms with Crippen molar-refractivity contribution in [2.45, 2.75) is 71.8 Å². The highest BCUT2D eigenvalue weighted by atomic mass is 16.5. The van der Waals surface area contributed by atoms with E-state index in [1.165, 1.54) is 35.1 Å². The number of rotatable bonds is 14. The van der Waals surface area contributed by atoms with Gasteiger partial charge >= 0.3 is 5.97 Å². The van der Waals surface area contributed by atoms with Crippen LogP contribution in [0.2, 0.25) is 0 Å². The summed E-state index contributed by atoms with van der Waals surface area (Å²) in [6.07, 6.45) is 6.31. The van der Waals surface area contributed by atoms with Gasteiger partial charge in [0.05, 0.1) is 6.42 Å². The summed E-state index contributed by atoms with van der Waals surface area (Å²) in [5.74, 6) is -0.370. The number of unbranched alkanes of at least 4 members (excludes halogenated alkanes) is 3. The second kappa shape index (κ2) is 14.2. The Kier molecular flexibility index (Phi) is 10.8. The Labute approximate surface area is 220 Å². The highest BCUT2D eigenvalue weighted by molar-refractivity contribution is 5.94. The van der Waals surface area contributed by atoms with E-state index in [1.807, 2.05) is 18.2 Å². The van der Waals surface area contributed by atoms with Crippen molar-refractivity contribution in [2.24, 2.45) is 0 Å². The van der Waals surface area contributed by atoms with Gasteiger partial charge in [-0.1, -0.05) is 75.6 Å². The molecule has 0 heterocycles. The molecule has 5 heteroatoms. The summed E-state index contributed by atoms with van der Waals surface area (Å²) in [5.41, 5.74) is 6.43. The molecule has 0 aliphatic rings. The molecule has 37 heavy (non-hydrogen) atoms. The van der Waals surface area contributed by atoms with Crippen LogP contribution in [-0.2, 0) is 11.2 Å². The van der Waals surface area contributed by atoms with Crippen LogP contribution in [0.5, 0.6) is 5.75 Å². The molecular formula is C32H39NO4. The number of amides is 1. The van der Waals surface area contributed by atoms with Crippen molar-refractivity contribution in [3.05, 3.63) is 89.0 Å². The highest BCUT2D eigenvalue weighted by Crippen LogP contribution is 2.32. The normalized spacial score (nSPS) is 11.6. The van der Waals surface area contributed by atoms with E-state index in [2.05, 4.69) is 62.5 Å². The molecule has 0 aliphatic heterocycles. The molecule has 1 amide bonds. The zero-order chi connectivity index (χ0) is 26.6. The van der Waals surface area contributed by atoms with Gasteiger partial charge in [-0.15, -0.1) is 0 Å². The van der Waals surface area contributed by atoms with Gasteiger partial charge in [0.25, 0.3) is 5.91 Å². The van der Waals surface area contributed by atoms with E-state index in [-0.39, 0.29) is 25.0 Å². The van der Waals surface area contributed by atoms with Crippen molar-refractivity contribution < 1.29 is 19.4 Å². The molecule has 3 aromatic carbocycles. The number of nitrogens with one attached hydrogen (secondary N) is 1. The van der Waals surface area contributed by atoms with Gasteiger partial charge in [0.15, 0.2) is 0 Å². The zero-order valence-corrected chi connectivity index (χ0v) is 22.3. The summed E-state index contributed by atoms with van der Waals surface area (Å²) in [6, 6.07) is 22.4. The number of carbonyl (C=O) groups is 2. The van der Waals surface area contributed by atoms with E-state index in [4.69, 9.17) is 9.84 Å². The molecule has 3 aromatic rings. The Bertz CT molecular complexity index is 1150. The molecule has 5 nitrogen and oxygen atoms in total. The van der Waals surface area contributed by atoms with Gasteiger partial charge in [0, 0.05) is 12.1 Å². The van der Waals surface area contributed by atoms with Crippen LogP contribution in [0.25, 0.3) is 11.1 Å². The third-order valence-corrected chi connectivity index (χ3v) is 6.64. The summed E-state index contributed by atoms with van der Waals surface area (Å²) in [4.78, 5) is 23.0. The molecule has 1 atom stereocenters. The van der Waals surface area contributed by atoms with E-state index in [0.717, 1.165) is 37.0 Å². The quantitative estimate of drug-likeness (QED) is 0.224. The van der Waals surface area contributed by atoms with E-state index >= 15 is 0 Å². The average molecular weight is 502 g/mol. The largest absolute Gasteiger partial charge is 0.486 e. The van der Waals surface area contributed by atoms with Crippen LogP contribution in [0.3, 0.4) is 0 Å². The minimum absolute atomic E-state index is 0.0975. The van der Waals surface area contributed by atoms with Crippen molar-refractivity contribution in [3.63, 3.8) is 0 Å². The van der Waals surface area contributed by atoms with Crippen molar-refractivity contribution in [1.29, 1.82) is 0 Å². The fraction of sp³-hybridized carbons (Fsp3) is 0.375. The van der Waals surface area contributed by atoms with Crippen LogP contribution in [0.1, 0.15) is 85.5 Å². The number of aliphatic carboxylic acids is 1. The first kappa shape index (κ1) is 28.0. The SMILES string of the molecule is CCCCCCC(Oc1ccc(-c2ccc(CC)cc2)c(C)c1)c1ccc(C(=O)NCCC(=O)O)cc1. The van der Waals surface area contributed by atoms with E-state index in [0.29, 0.717) is 5.56 Å². The van der Waals surface area contributed by atoms with E-state index in [1.54, 1.807) is 12.1 Å². The van der Waals surface area contributed by atoms with Crippen molar-refractivity contribution in [1.82, 2.24) is 5.32 Å². The van der Waals surface area contributed by atoms with E-state index < -0.39 is 5.97 Å². The fourth-order valence-corrected chi connectivity index (χ4v) is 4.40. The van der Waals surface area contributed by atoms with Crippen molar-refractivity contribution in [2.75, 3.05) is 6.54 Å². The number of ether oxygens (including phenoxy) is 1. The number of benzene rings is 3. The molecule has 0 saturated heterocycles. The minimum Gasteiger partial charge on any atom is -0.486 e. The highest BCUT2D eigenvalue weighted by Gasteiger charge is 2.16. The molecule has 3 rings (SSSR count). The predicted molar refractivity (Wildman–Crippen MR) is 149 cm³/mol. The lowest BCUT2D eigenvalue weighted by Crippen LogP contribution is -2.26. The number of carboxylic acid groups (broad SMARTS) is 1. The third-order valence-electron chi connectivity index (χ3n) is 6.64. The fourth-order valence-electron chi connectivity index (χ4n) is 4.40. The van der Waals surface area contributed by atoms with Crippen LogP contribution in [0.4, 0.5) is 0 Å². The molecule has 0 aliphatic carbocycles. The Hall–Kier alpha value is -3.60. The molecular weight excluding hydrogens is 462 g/mol. The summed E-state index contributed by atoms with van der Waals surface area (Å²) in [7, 11) is 0. The third kappa shape index (κ3) is 8.49. The second-order valence-corrected chi connectivity index (χ2v) is 9.50. The molecule has 0 radical (unpaired) electrons. The first-order valence-electron chi connectivity index (χ1n) is 13.4. The van der Waals surface area contributed by atoms with Gasteiger partial charge in [-0.3, -0.25) is 9.59 Å². The van der Waals surface area contributed by atoms with Crippen LogP contribution < -0.4 is 10.1 Å². The van der Waals surface area contributed by atoms with Crippen LogP contribution in [0, 0.1) is 6.92 Å². The number of aryl methyl sites for hydroxylation is 2. The van der Waals surface area contributed by atoms with Crippen molar-refractivity contribution >= 4 is 11.9 Å². The summed E-state index contributed by atoms with van der Waals surface area (Å²) in [5, 5.41) is 11.4. The molecule has 196 valence electrons. The van der Waals surface area contributed by atoms with Gasteiger partial charge < -0.3 is 15.2 Å². The lowest BCUT2D eigenvalue weighted by molar-refractivity contribution is -0.136. The van der Waals surface area contributed by atoms with Gasteiger partial charge in [-0.05, 0) is 78.3 Å². The molecule has 1 unspecified atom stereocenters. The standard InChI is InChI=1S/C32H39NO4/c1-4-6-7-8-9-30(26-14-16-27(17-15-26)32(36)33-21-20-31(34)35)37-28-18-19-29(23(3)22-28)25-12-10-24(5-2)11-13-25/h10-19,22,30H,4-9,20-21H2,1-3H3,(H,33,36)(H,34,35). The maximum Gasteiger partial charge on any atom is 0.305 e. The lowest BCUT2D eigenvalue weighted by Gasteiger charge is -2.21. The predicted octanol–water partition coefficient (Wildman–Crippen LogP) is 7.52. The summed E-state index contributed by atoms with van der Waals surface area (Å²) < 4.78 is 6.51. The zero-order valence-electron chi connectivity index (χ0n) is 22.3. The van der Waals surface area contributed by atoms with Gasteiger partial charge in [0.2, 0.25) is 0 Å². The average Bonchev–Trinajstić information content (AvgIpc) is 2.90. The summed E-state index contributed by atoms with van der Waals surface area (Å²) in [6.45, 7) is 6.59. The first-order chi connectivity index (χ1) is 17.9. The maximum atomic E-state index is 12.3.